The Labute approximate surface area is 101 Å². The van der Waals surface area contributed by atoms with Crippen LogP contribution in [-0.2, 0) is 9.59 Å². The van der Waals surface area contributed by atoms with Gasteiger partial charge in [-0.05, 0) is 19.6 Å². The van der Waals surface area contributed by atoms with Crippen molar-refractivity contribution in [3.05, 3.63) is 0 Å². The molecule has 0 aliphatic rings. The first kappa shape index (κ1) is 15.3. The minimum Gasteiger partial charge on any atom is -0.480 e. The summed E-state index contributed by atoms with van der Waals surface area (Å²) >= 11 is 1.71. The number of carboxylic acids is 1. The number of amides is 1. The van der Waals surface area contributed by atoms with Crippen LogP contribution in [0.1, 0.15) is 33.6 Å². The van der Waals surface area contributed by atoms with Crippen LogP contribution in [0.25, 0.3) is 0 Å². The van der Waals surface area contributed by atoms with E-state index in [1.165, 1.54) is 18.9 Å². The standard InChI is InChI=1S/C11H21NO3S/c1-8(10(14)15)12(4)9(13)6-7-11(2,3)16-5/h8H,6-7H2,1-5H3,(H,14,15)/t8-/m1/s1. The molecule has 5 heteroatoms. The Kier molecular flexibility index (Phi) is 5.86. The van der Waals surface area contributed by atoms with Crippen LogP contribution in [0.3, 0.4) is 0 Å². The van der Waals surface area contributed by atoms with E-state index in [1.54, 1.807) is 11.8 Å². The van der Waals surface area contributed by atoms with Crippen molar-refractivity contribution in [3.63, 3.8) is 0 Å². The first-order valence-corrected chi connectivity index (χ1v) is 6.47. The zero-order valence-corrected chi connectivity index (χ0v) is 11.4. The molecule has 0 rings (SSSR count). The largest absolute Gasteiger partial charge is 0.480 e. The van der Waals surface area contributed by atoms with Gasteiger partial charge < -0.3 is 10.0 Å². The van der Waals surface area contributed by atoms with Gasteiger partial charge in [-0.1, -0.05) is 13.8 Å². The molecule has 0 radical (unpaired) electrons. The average Bonchev–Trinajstić information content (AvgIpc) is 2.23. The summed E-state index contributed by atoms with van der Waals surface area (Å²) in [5.74, 6) is -1.09. The first-order chi connectivity index (χ1) is 7.21. The Morgan fingerprint density at radius 3 is 2.31 bits per heavy atom. The van der Waals surface area contributed by atoms with Gasteiger partial charge in [0.1, 0.15) is 6.04 Å². The molecule has 0 aliphatic heterocycles. The molecule has 16 heavy (non-hydrogen) atoms. The second kappa shape index (κ2) is 6.13. The highest BCUT2D eigenvalue weighted by Gasteiger charge is 2.24. The molecule has 0 spiro atoms. The van der Waals surface area contributed by atoms with Gasteiger partial charge >= 0.3 is 5.97 Å². The Morgan fingerprint density at radius 1 is 1.44 bits per heavy atom. The summed E-state index contributed by atoms with van der Waals surface area (Å²) in [5, 5.41) is 8.78. The molecule has 94 valence electrons. The van der Waals surface area contributed by atoms with Gasteiger partial charge in [0, 0.05) is 18.2 Å². The maximum atomic E-state index is 11.7. The summed E-state index contributed by atoms with van der Waals surface area (Å²) in [6.07, 6.45) is 3.15. The second-order valence-corrected chi connectivity index (χ2v) is 6.00. The van der Waals surface area contributed by atoms with Crippen LogP contribution in [0.15, 0.2) is 0 Å². The summed E-state index contributed by atoms with van der Waals surface area (Å²) in [7, 11) is 1.53. The van der Waals surface area contributed by atoms with Gasteiger partial charge in [-0.15, -0.1) is 0 Å². The Morgan fingerprint density at radius 2 is 1.94 bits per heavy atom. The fourth-order valence-electron chi connectivity index (χ4n) is 1.07. The first-order valence-electron chi connectivity index (χ1n) is 5.25. The number of hydrogen-bond acceptors (Lipinski definition) is 3. The van der Waals surface area contributed by atoms with Gasteiger partial charge in [-0.3, -0.25) is 4.79 Å². The van der Waals surface area contributed by atoms with E-state index in [1.807, 2.05) is 6.26 Å². The number of thioether (sulfide) groups is 1. The minimum atomic E-state index is -0.972. The Balaban J connectivity index is 4.22. The van der Waals surface area contributed by atoms with E-state index in [9.17, 15) is 9.59 Å². The van der Waals surface area contributed by atoms with Crippen molar-refractivity contribution < 1.29 is 14.7 Å². The lowest BCUT2D eigenvalue weighted by Crippen LogP contribution is -2.40. The summed E-state index contributed by atoms with van der Waals surface area (Å²) in [4.78, 5) is 23.7. The third-order valence-electron chi connectivity index (χ3n) is 2.83. The predicted octanol–water partition coefficient (Wildman–Crippen LogP) is 1.84. The second-order valence-electron chi connectivity index (χ2n) is 4.48. The molecule has 0 aromatic rings. The van der Waals surface area contributed by atoms with E-state index in [2.05, 4.69) is 13.8 Å². The van der Waals surface area contributed by atoms with Crippen molar-refractivity contribution >= 4 is 23.6 Å². The van der Waals surface area contributed by atoms with Gasteiger partial charge in [-0.25, -0.2) is 4.79 Å². The number of carboxylic acid groups (broad SMARTS) is 1. The van der Waals surface area contributed by atoms with Crippen LogP contribution < -0.4 is 0 Å². The van der Waals surface area contributed by atoms with Crippen molar-refractivity contribution in [1.82, 2.24) is 4.90 Å². The third-order valence-corrected chi connectivity index (χ3v) is 4.13. The van der Waals surface area contributed by atoms with E-state index < -0.39 is 12.0 Å². The number of likely N-dealkylation sites (N-methyl/N-ethyl adjacent to an activating group) is 1. The van der Waals surface area contributed by atoms with Crippen LogP contribution >= 0.6 is 11.8 Å². The quantitative estimate of drug-likeness (QED) is 0.778. The van der Waals surface area contributed by atoms with Crippen LogP contribution in [0.4, 0.5) is 0 Å². The molecule has 4 nitrogen and oxygen atoms in total. The highest BCUT2D eigenvalue weighted by atomic mass is 32.2. The van der Waals surface area contributed by atoms with Crippen molar-refractivity contribution in [1.29, 1.82) is 0 Å². The molecule has 1 amide bonds. The minimum absolute atomic E-state index is 0.0585. The lowest BCUT2D eigenvalue weighted by molar-refractivity contribution is -0.148. The van der Waals surface area contributed by atoms with Crippen LogP contribution in [0, 0.1) is 0 Å². The lowest BCUT2D eigenvalue weighted by Gasteiger charge is -2.25. The molecule has 0 bridgehead atoms. The summed E-state index contributed by atoms with van der Waals surface area (Å²) in [5.41, 5.74) is 0. The maximum Gasteiger partial charge on any atom is 0.326 e. The monoisotopic (exact) mass is 247 g/mol. The normalized spacial score (nSPS) is 13.3. The Hall–Kier alpha value is -0.710. The molecule has 0 heterocycles. The van der Waals surface area contributed by atoms with E-state index in [0.717, 1.165) is 6.42 Å². The van der Waals surface area contributed by atoms with Gasteiger partial charge in [0.15, 0.2) is 0 Å². The predicted molar refractivity (Wildman–Crippen MR) is 66.7 cm³/mol. The van der Waals surface area contributed by atoms with Crippen LogP contribution in [0.5, 0.6) is 0 Å². The molecule has 0 fully saturated rings. The van der Waals surface area contributed by atoms with Crippen LogP contribution in [0.2, 0.25) is 0 Å². The molecule has 0 unspecified atom stereocenters. The van der Waals surface area contributed by atoms with Gasteiger partial charge in [-0.2, -0.15) is 11.8 Å². The highest BCUT2D eigenvalue weighted by molar-refractivity contribution is 7.99. The fourth-order valence-corrected chi connectivity index (χ4v) is 1.37. The molecular weight excluding hydrogens is 226 g/mol. The number of nitrogens with zero attached hydrogens (tertiary/aromatic N) is 1. The molecular formula is C11H21NO3S. The maximum absolute atomic E-state index is 11.7. The van der Waals surface area contributed by atoms with Gasteiger partial charge in [0.25, 0.3) is 0 Å². The SMILES string of the molecule is CSC(C)(C)CCC(=O)N(C)[C@H](C)C(=O)O. The van der Waals surface area contributed by atoms with E-state index in [0.29, 0.717) is 6.42 Å². The number of aliphatic carboxylic acids is 1. The Bertz CT molecular complexity index is 266. The number of hydrogen-bond donors (Lipinski definition) is 1. The van der Waals surface area contributed by atoms with Gasteiger partial charge in [0.05, 0.1) is 0 Å². The molecule has 1 atom stereocenters. The summed E-state index contributed by atoms with van der Waals surface area (Å²) in [6.45, 7) is 5.66. The lowest BCUT2D eigenvalue weighted by atomic mass is 10.1. The zero-order chi connectivity index (χ0) is 12.9. The van der Waals surface area contributed by atoms with Crippen molar-refractivity contribution in [2.24, 2.45) is 0 Å². The molecule has 0 aliphatic carbocycles. The summed E-state index contributed by atoms with van der Waals surface area (Å²) in [6, 6.07) is -0.759. The number of rotatable bonds is 6. The molecule has 0 aromatic carbocycles. The van der Waals surface area contributed by atoms with Crippen LogP contribution in [-0.4, -0.2) is 46.0 Å². The molecule has 1 N–H and O–H groups in total. The highest BCUT2D eigenvalue weighted by Crippen LogP contribution is 2.26. The topological polar surface area (TPSA) is 57.6 Å². The van der Waals surface area contributed by atoms with Gasteiger partial charge in [0.2, 0.25) is 5.91 Å². The molecule has 0 saturated carbocycles. The smallest absolute Gasteiger partial charge is 0.326 e. The third kappa shape index (κ3) is 4.88. The van der Waals surface area contributed by atoms with Crippen molar-refractivity contribution in [2.45, 2.75) is 44.4 Å². The van der Waals surface area contributed by atoms with Crippen molar-refractivity contribution in [2.75, 3.05) is 13.3 Å². The number of carbonyl (C=O) groups is 2. The zero-order valence-electron chi connectivity index (χ0n) is 10.6. The number of carbonyl (C=O) groups excluding carboxylic acids is 1. The summed E-state index contributed by atoms with van der Waals surface area (Å²) < 4.78 is 0.0585. The van der Waals surface area contributed by atoms with E-state index in [4.69, 9.17) is 5.11 Å². The molecule has 0 aromatic heterocycles. The fraction of sp³-hybridized carbons (Fsp3) is 0.818. The van der Waals surface area contributed by atoms with Crippen molar-refractivity contribution in [3.8, 4) is 0 Å². The van der Waals surface area contributed by atoms with E-state index in [-0.39, 0.29) is 10.7 Å². The average molecular weight is 247 g/mol. The van der Waals surface area contributed by atoms with E-state index >= 15 is 0 Å². The molecule has 0 saturated heterocycles.